The van der Waals surface area contributed by atoms with Crippen LogP contribution in [0.1, 0.15) is 18.4 Å². The van der Waals surface area contributed by atoms with Crippen LogP contribution in [-0.4, -0.2) is 28.0 Å². The minimum Gasteiger partial charge on any atom is -0.368 e. The van der Waals surface area contributed by atoms with E-state index in [1.54, 1.807) is 11.3 Å². The van der Waals surface area contributed by atoms with Crippen LogP contribution in [0.5, 0.6) is 0 Å². The summed E-state index contributed by atoms with van der Waals surface area (Å²) in [5.74, 6) is 1.70. The average Bonchev–Trinajstić information content (AvgIpc) is 2.98. The Morgan fingerprint density at radius 2 is 2.00 bits per heavy atom. The van der Waals surface area contributed by atoms with Crippen molar-refractivity contribution in [3.8, 4) is 10.7 Å². The zero-order chi connectivity index (χ0) is 12.5. The van der Waals surface area contributed by atoms with Crippen molar-refractivity contribution >= 4 is 23.2 Å². The van der Waals surface area contributed by atoms with Crippen LogP contribution in [0.2, 0.25) is 0 Å². The Morgan fingerprint density at radius 3 is 2.67 bits per heavy atom. The topological polar surface area (TPSA) is 67.9 Å². The SMILES string of the molecule is Cc1ccsc1-c1nc(N)nc(N2CCCC2)n1. The van der Waals surface area contributed by atoms with E-state index in [1.165, 1.54) is 18.4 Å². The number of nitrogens with zero attached hydrogens (tertiary/aromatic N) is 4. The number of anilines is 2. The lowest BCUT2D eigenvalue weighted by Gasteiger charge is -2.15. The van der Waals surface area contributed by atoms with E-state index in [2.05, 4.69) is 32.8 Å². The largest absolute Gasteiger partial charge is 0.368 e. The molecule has 0 unspecified atom stereocenters. The molecule has 0 atom stereocenters. The van der Waals surface area contributed by atoms with Crippen LogP contribution in [0.25, 0.3) is 10.7 Å². The third-order valence-corrected chi connectivity index (χ3v) is 4.11. The highest BCUT2D eigenvalue weighted by molar-refractivity contribution is 7.13. The molecule has 1 aliphatic heterocycles. The molecule has 5 nitrogen and oxygen atoms in total. The molecule has 1 saturated heterocycles. The van der Waals surface area contributed by atoms with Gasteiger partial charge in [-0.05, 0) is 36.8 Å². The summed E-state index contributed by atoms with van der Waals surface area (Å²) in [6.07, 6.45) is 2.39. The normalized spacial score (nSPS) is 15.3. The molecule has 1 fully saturated rings. The summed E-state index contributed by atoms with van der Waals surface area (Å²) in [5, 5.41) is 2.04. The summed E-state index contributed by atoms with van der Waals surface area (Å²) < 4.78 is 0. The Labute approximate surface area is 110 Å². The monoisotopic (exact) mass is 261 g/mol. The molecule has 3 heterocycles. The van der Waals surface area contributed by atoms with E-state index in [0.717, 1.165) is 18.0 Å². The lowest BCUT2D eigenvalue weighted by molar-refractivity contribution is 0.888. The van der Waals surface area contributed by atoms with E-state index in [1.807, 2.05) is 5.38 Å². The molecule has 0 bridgehead atoms. The number of hydrogen-bond donors (Lipinski definition) is 1. The van der Waals surface area contributed by atoms with Crippen LogP contribution < -0.4 is 10.6 Å². The second-order valence-electron chi connectivity index (χ2n) is 4.44. The van der Waals surface area contributed by atoms with E-state index >= 15 is 0 Å². The minimum absolute atomic E-state index is 0.301. The number of hydrogen-bond acceptors (Lipinski definition) is 6. The smallest absolute Gasteiger partial charge is 0.230 e. The van der Waals surface area contributed by atoms with Crippen molar-refractivity contribution in [1.29, 1.82) is 0 Å². The molecule has 94 valence electrons. The lowest BCUT2D eigenvalue weighted by Crippen LogP contribution is -2.21. The molecule has 0 amide bonds. The summed E-state index contributed by atoms with van der Waals surface area (Å²) >= 11 is 1.64. The molecule has 0 spiro atoms. The molecular formula is C12H15N5S. The summed E-state index contributed by atoms with van der Waals surface area (Å²) in [4.78, 5) is 16.3. The van der Waals surface area contributed by atoms with Crippen LogP contribution >= 0.6 is 11.3 Å². The first kappa shape index (κ1) is 11.4. The van der Waals surface area contributed by atoms with Gasteiger partial charge in [-0.25, -0.2) is 0 Å². The van der Waals surface area contributed by atoms with Gasteiger partial charge in [-0.2, -0.15) is 15.0 Å². The van der Waals surface area contributed by atoms with Crippen LogP contribution in [0.15, 0.2) is 11.4 Å². The Morgan fingerprint density at radius 1 is 1.22 bits per heavy atom. The van der Waals surface area contributed by atoms with Gasteiger partial charge in [-0.15, -0.1) is 11.3 Å². The van der Waals surface area contributed by atoms with Crippen molar-refractivity contribution < 1.29 is 0 Å². The van der Waals surface area contributed by atoms with Crippen LogP contribution in [0.3, 0.4) is 0 Å². The number of rotatable bonds is 2. The quantitative estimate of drug-likeness (QED) is 0.896. The van der Waals surface area contributed by atoms with Gasteiger partial charge in [0.1, 0.15) is 0 Å². The van der Waals surface area contributed by atoms with Crippen molar-refractivity contribution in [2.24, 2.45) is 0 Å². The fraction of sp³-hybridized carbons (Fsp3) is 0.417. The molecular weight excluding hydrogens is 246 g/mol. The third-order valence-electron chi connectivity index (χ3n) is 3.09. The molecule has 18 heavy (non-hydrogen) atoms. The van der Waals surface area contributed by atoms with Crippen molar-refractivity contribution in [2.75, 3.05) is 23.7 Å². The van der Waals surface area contributed by atoms with E-state index in [4.69, 9.17) is 5.73 Å². The van der Waals surface area contributed by atoms with E-state index in [9.17, 15) is 0 Å². The Bertz CT molecular complexity index is 559. The standard InChI is InChI=1S/C12H15N5S/c1-8-4-7-18-9(8)10-14-11(13)16-12(15-10)17-5-2-3-6-17/h4,7H,2-3,5-6H2,1H3,(H2,13,14,15,16). The maximum Gasteiger partial charge on any atom is 0.230 e. The van der Waals surface area contributed by atoms with Gasteiger partial charge in [0.15, 0.2) is 5.82 Å². The maximum atomic E-state index is 5.80. The first-order valence-electron chi connectivity index (χ1n) is 6.05. The van der Waals surface area contributed by atoms with Crippen LogP contribution in [0.4, 0.5) is 11.9 Å². The average molecular weight is 261 g/mol. The van der Waals surface area contributed by atoms with Gasteiger partial charge < -0.3 is 10.6 Å². The molecule has 6 heteroatoms. The summed E-state index contributed by atoms with van der Waals surface area (Å²) in [5.41, 5.74) is 6.98. The highest BCUT2D eigenvalue weighted by Crippen LogP contribution is 2.28. The summed E-state index contributed by atoms with van der Waals surface area (Å²) in [6, 6.07) is 2.06. The van der Waals surface area contributed by atoms with Gasteiger partial charge in [-0.3, -0.25) is 0 Å². The molecule has 0 aromatic carbocycles. The maximum absolute atomic E-state index is 5.80. The fourth-order valence-corrected chi connectivity index (χ4v) is 3.00. The van der Waals surface area contributed by atoms with Gasteiger partial charge in [0.2, 0.25) is 11.9 Å². The van der Waals surface area contributed by atoms with Gasteiger partial charge in [-0.1, -0.05) is 0 Å². The summed E-state index contributed by atoms with van der Waals surface area (Å²) in [6.45, 7) is 4.07. The van der Waals surface area contributed by atoms with E-state index in [0.29, 0.717) is 17.7 Å². The predicted octanol–water partition coefficient (Wildman–Crippen LogP) is 2.09. The van der Waals surface area contributed by atoms with Gasteiger partial charge in [0.05, 0.1) is 4.88 Å². The van der Waals surface area contributed by atoms with Crippen LogP contribution in [-0.2, 0) is 0 Å². The Kier molecular flexibility index (Phi) is 2.87. The van der Waals surface area contributed by atoms with E-state index in [-0.39, 0.29) is 0 Å². The lowest BCUT2D eigenvalue weighted by atomic mass is 10.3. The van der Waals surface area contributed by atoms with Gasteiger partial charge in [0.25, 0.3) is 0 Å². The Balaban J connectivity index is 2.03. The molecule has 2 N–H and O–H groups in total. The molecule has 0 saturated carbocycles. The zero-order valence-electron chi connectivity index (χ0n) is 10.3. The van der Waals surface area contributed by atoms with Crippen molar-refractivity contribution in [3.63, 3.8) is 0 Å². The highest BCUT2D eigenvalue weighted by atomic mass is 32.1. The predicted molar refractivity (Wildman–Crippen MR) is 73.7 cm³/mol. The van der Waals surface area contributed by atoms with Gasteiger partial charge in [0, 0.05) is 13.1 Å². The fourth-order valence-electron chi connectivity index (χ4n) is 2.14. The first-order valence-corrected chi connectivity index (χ1v) is 6.93. The molecule has 0 aliphatic carbocycles. The molecule has 1 aliphatic rings. The zero-order valence-corrected chi connectivity index (χ0v) is 11.1. The number of nitrogens with two attached hydrogens (primary N) is 1. The molecule has 2 aromatic rings. The van der Waals surface area contributed by atoms with Crippen molar-refractivity contribution in [2.45, 2.75) is 19.8 Å². The number of thiophene rings is 1. The first-order chi connectivity index (χ1) is 8.74. The number of nitrogen functional groups attached to an aromatic ring is 1. The van der Waals surface area contributed by atoms with Gasteiger partial charge >= 0.3 is 0 Å². The minimum atomic E-state index is 0.301. The third kappa shape index (κ3) is 2.03. The molecule has 0 radical (unpaired) electrons. The van der Waals surface area contributed by atoms with Crippen LogP contribution in [0, 0.1) is 6.92 Å². The van der Waals surface area contributed by atoms with Crippen molar-refractivity contribution in [1.82, 2.24) is 15.0 Å². The second-order valence-corrected chi connectivity index (χ2v) is 5.36. The summed E-state index contributed by atoms with van der Waals surface area (Å²) in [7, 11) is 0. The Hall–Kier alpha value is -1.69. The highest BCUT2D eigenvalue weighted by Gasteiger charge is 2.18. The second kappa shape index (κ2) is 4.53. The van der Waals surface area contributed by atoms with E-state index < -0.39 is 0 Å². The number of aromatic nitrogens is 3. The molecule has 2 aromatic heterocycles. The number of aryl methyl sites for hydroxylation is 1. The molecule has 3 rings (SSSR count). The van der Waals surface area contributed by atoms with Crippen molar-refractivity contribution in [3.05, 3.63) is 17.0 Å².